The Morgan fingerprint density at radius 2 is 2.28 bits per heavy atom. The van der Waals surface area contributed by atoms with Crippen molar-refractivity contribution in [3.63, 3.8) is 0 Å². The van der Waals surface area contributed by atoms with Crippen LogP contribution in [0.25, 0.3) is 0 Å². The Bertz CT molecular complexity index is 380. The summed E-state index contributed by atoms with van der Waals surface area (Å²) in [6.07, 6.45) is -0.00451. The van der Waals surface area contributed by atoms with Crippen molar-refractivity contribution >= 4 is 5.91 Å². The first-order valence-corrected chi connectivity index (χ1v) is 5.93. The fourth-order valence-electron chi connectivity index (χ4n) is 1.77. The van der Waals surface area contributed by atoms with Crippen LogP contribution in [0.15, 0.2) is 18.3 Å². The Kier molecular flexibility index (Phi) is 5.77. The normalized spacial score (nSPS) is 10.9. The summed E-state index contributed by atoms with van der Waals surface area (Å²) in [7, 11) is 0. The van der Waals surface area contributed by atoms with Crippen LogP contribution in [0.3, 0.4) is 0 Å². The van der Waals surface area contributed by atoms with Crippen LogP contribution in [0.1, 0.15) is 23.8 Å². The maximum atomic E-state index is 12.4. The van der Waals surface area contributed by atoms with Gasteiger partial charge in [0.15, 0.2) is 0 Å². The van der Waals surface area contributed by atoms with Crippen molar-refractivity contribution in [2.75, 3.05) is 19.7 Å². The summed E-state index contributed by atoms with van der Waals surface area (Å²) in [5.41, 5.74) is 0.381. The van der Waals surface area contributed by atoms with Gasteiger partial charge in [-0.15, -0.1) is 0 Å². The summed E-state index contributed by atoms with van der Waals surface area (Å²) >= 11 is 0. The highest BCUT2D eigenvalue weighted by Crippen LogP contribution is 2.09. The smallest absolute Gasteiger partial charge is 0.270 e. The number of alkyl halides is 2. The molecule has 18 heavy (non-hydrogen) atoms. The molecule has 0 fully saturated rings. The number of hydrogen-bond donors (Lipinski definition) is 1. The van der Waals surface area contributed by atoms with Crippen molar-refractivity contribution in [2.24, 2.45) is 0 Å². The highest BCUT2D eigenvalue weighted by atomic mass is 19.3. The number of rotatable bonds is 7. The molecular weight excluding hydrogens is 242 g/mol. The van der Waals surface area contributed by atoms with Crippen LogP contribution in [0.4, 0.5) is 8.78 Å². The molecule has 0 aliphatic rings. The molecule has 0 spiro atoms. The molecule has 1 amide bonds. The van der Waals surface area contributed by atoms with Gasteiger partial charge in [0, 0.05) is 19.3 Å². The number of amides is 1. The van der Waals surface area contributed by atoms with Crippen LogP contribution < -0.4 is 0 Å². The van der Waals surface area contributed by atoms with Crippen LogP contribution in [0.5, 0.6) is 0 Å². The third kappa shape index (κ3) is 3.80. The molecule has 0 aromatic carbocycles. The van der Waals surface area contributed by atoms with Gasteiger partial charge in [0.1, 0.15) is 5.69 Å². The van der Waals surface area contributed by atoms with E-state index in [0.29, 0.717) is 12.2 Å². The fourth-order valence-corrected chi connectivity index (χ4v) is 1.77. The van der Waals surface area contributed by atoms with E-state index in [1.54, 1.807) is 22.9 Å². The van der Waals surface area contributed by atoms with Crippen molar-refractivity contribution in [3.8, 4) is 0 Å². The lowest BCUT2D eigenvalue weighted by atomic mass is 10.3. The van der Waals surface area contributed by atoms with E-state index in [1.807, 2.05) is 6.92 Å². The van der Waals surface area contributed by atoms with Gasteiger partial charge in [-0.1, -0.05) is 6.92 Å². The molecule has 1 rings (SSSR count). The largest absolute Gasteiger partial charge is 0.395 e. The van der Waals surface area contributed by atoms with E-state index < -0.39 is 18.9 Å². The number of carbonyl (C=O) groups excluding carboxylic acids is 1. The minimum atomic E-state index is -2.60. The van der Waals surface area contributed by atoms with Gasteiger partial charge < -0.3 is 14.6 Å². The maximum Gasteiger partial charge on any atom is 0.270 e. The zero-order valence-electron chi connectivity index (χ0n) is 10.4. The van der Waals surface area contributed by atoms with Gasteiger partial charge >= 0.3 is 0 Å². The second-order valence-electron chi connectivity index (χ2n) is 3.95. The summed E-state index contributed by atoms with van der Waals surface area (Å²) in [6, 6.07) is 3.32. The lowest BCUT2D eigenvalue weighted by Crippen LogP contribution is -2.38. The van der Waals surface area contributed by atoms with Gasteiger partial charge in [-0.3, -0.25) is 4.79 Å². The van der Waals surface area contributed by atoms with Crippen molar-refractivity contribution in [1.29, 1.82) is 0 Å². The van der Waals surface area contributed by atoms with E-state index in [1.165, 1.54) is 0 Å². The summed E-state index contributed by atoms with van der Waals surface area (Å²) in [4.78, 5) is 13.1. The monoisotopic (exact) mass is 260 g/mol. The van der Waals surface area contributed by atoms with Crippen LogP contribution in [0.2, 0.25) is 0 Å². The molecule has 0 bridgehead atoms. The number of hydrogen-bond acceptors (Lipinski definition) is 2. The number of aromatic nitrogens is 1. The molecule has 0 radical (unpaired) electrons. The Labute approximate surface area is 105 Å². The minimum absolute atomic E-state index is 0.0829. The SMILES string of the molecule is CCCn1cccc1C(=O)N(CCO)CC(F)F. The summed E-state index contributed by atoms with van der Waals surface area (Å²) in [5, 5.41) is 8.82. The van der Waals surface area contributed by atoms with Gasteiger partial charge in [-0.2, -0.15) is 0 Å². The maximum absolute atomic E-state index is 12.4. The van der Waals surface area contributed by atoms with E-state index in [4.69, 9.17) is 5.11 Å². The van der Waals surface area contributed by atoms with Gasteiger partial charge in [0.25, 0.3) is 12.3 Å². The first kappa shape index (κ1) is 14.6. The Morgan fingerprint density at radius 3 is 2.83 bits per heavy atom. The Balaban J connectivity index is 2.83. The average molecular weight is 260 g/mol. The molecule has 0 saturated carbocycles. The molecule has 1 aromatic heterocycles. The fraction of sp³-hybridized carbons (Fsp3) is 0.583. The van der Waals surface area contributed by atoms with Crippen LogP contribution in [0, 0.1) is 0 Å². The average Bonchev–Trinajstić information content (AvgIpc) is 2.76. The summed E-state index contributed by atoms with van der Waals surface area (Å²) in [5.74, 6) is -0.470. The molecule has 0 saturated heterocycles. The third-order valence-electron chi connectivity index (χ3n) is 2.53. The number of aryl methyl sites for hydroxylation is 1. The minimum Gasteiger partial charge on any atom is -0.395 e. The molecular formula is C12H18F2N2O2. The van der Waals surface area contributed by atoms with Gasteiger partial charge in [0.05, 0.1) is 13.2 Å². The van der Waals surface area contributed by atoms with Gasteiger partial charge in [0.2, 0.25) is 0 Å². The number of aliphatic hydroxyl groups excluding tert-OH is 1. The van der Waals surface area contributed by atoms with Crippen LogP contribution in [-0.4, -0.2) is 46.6 Å². The molecule has 6 heteroatoms. The number of halogens is 2. The Morgan fingerprint density at radius 1 is 1.56 bits per heavy atom. The van der Waals surface area contributed by atoms with Gasteiger partial charge in [-0.25, -0.2) is 8.78 Å². The number of nitrogens with zero attached hydrogens (tertiary/aromatic N) is 2. The predicted molar refractivity (Wildman–Crippen MR) is 63.7 cm³/mol. The van der Waals surface area contributed by atoms with Crippen molar-refractivity contribution in [2.45, 2.75) is 26.3 Å². The van der Waals surface area contributed by atoms with Crippen molar-refractivity contribution < 1.29 is 18.7 Å². The van der Waals surface area contributed by atoms with Crippen LogP contribution >= 0.6 is 0 Å². The van der Waals surface area contributed by atoms with E-state index in [0.717, 1.165) is 11.3 Å². The predicted octanol–water partition coefficient (Wildman–Crippen LogP) is 1.60. The highest BCUT2D eigenvalue weighted by Gasteiger charge is 2.21. The molecule has 1 N–H and O–H groups in total. The Hall–Kier alpha value is -1.43. The molecule has 4 nitrogen and oxygen atoms in total. The lowest BCUT2D eigenvalue weighted by Gasteiger charge is -2.22. The standard InChI is InChI=1S/C12H18F2N2O2/c1-2-5-15-6-3-4-10(15)12(18)16(7-8-17)9-11(13)14/h3-4,6,11,17H,2,5,7-9H2,1H3. The lowest BCUT2D eigenvalue weighted by molar-refractivity contribution is 0.0500. The number of carbonyl (C=O) groups is 1. The van der Waals surface area contributed by atoms with Crippen molar-refractivity contribution in [3.05, 3.63) is 24.0 Å². The van der Waals surface area contributed by atoms with E-state index in [-0.39, 0.29) is 13.2 Å². The second kappa shape index (κ2) is 7.10. The zero-order valence-corrected chi connectivity index (χ0v) is 10.4. The molecule has 1 aromatic rings. The highest BCUT2D eigenvalue weighted by molar-refractivity contribution is 5.92. The van der Waals surface area contributed by atoms with E-state index in [2.05, 4.69) is 0 Å². The van der Waals surface area contributed by atoms with Gasteiger partial charge in [-0.05, 0) is 18.6 Å². The van der Waals surface area contributed by atoms with Crippen LogP contribution in [-0.2, 0) is 6.54 Å². The number of aliphatic hydroxyl groups is 1. The summed E-state index contributed by atoms with van der Waals surface area (Å²) < 4.78 is 26.5. The first-order valence-electron chi connectivity index (χ1n) is 5.93. The topological polar surface area (TPSA) is 45.5 Å². The molecule has 0 unspecified atom stereocenters. The van der Waals surface area contributed by atoms with E-state index >= 15 is 0 Å². The molecule has 1 heterocycles. The van der Waals surface area contributed by atoms with Crippen molar-refractivity contribution in [1.82, 2.24) is 9.47 Å². The first-order chi connectivity index (χ1) is 8.60. The third-order valence-corrected chi connectivity index (χ3v) is 2.53. The summed E-state index contributed by atoms with van der Waals surface area (Å²) in [6.45, 7) is 1.57. The quantitative estimate of drug-likeness (QED) is 0.809. The second-order valence-corrected chi connectivity index (χ2v) is 3.95. The molecule has 102 valence electrons. The molecule has 0 atom stereocenters. The molecule has 0 aliphatic heterocycles. The zero-order chi connectivity index (χ0) is 13.5. The molecule has 0 aliphatic carbocycles. The van der Waals surface area contributed by atoms with E-state index in [9.17, 15) is 13.6 Å².